The fourth-order valence-corrected chi connectivity index (χ4v) is 7.70. The van der Waals surface area contributed by atoms with Gasteiger partial charge >= 0.3 is 0 Å². The largest absolute Gasteiger partial charge is 0.0622 e. The van der Waals surface area contributed by atoms with Gasteiger partial charge in [-0.3, -0.25) is 0 Å². The lowest BCUT2D eigenvalue weighted by molar-refractivity contribution is 0.661. The molecule has 0 saturated heterocycles. The minimum Gasteiger partial charge on any atom is -0.0622 e. The summed E-state index contributed by atoms with van der Waals surface area (Å²) in [5.74, 6) is 0. The van der Waals surface area contributed by atoms with Gasteiger partial charge in [0, 0.05) is 5.41 Å². The van der Waals surface area contributed by atoms with Crippen LogP contribution in [0.25, 0.3) is 76.8 Å². The zero-order valence-electron chi connectivity index (χ0n) is 25.5. The summed E-state index contributed by atoms with van der Waals surface area (Å²) < 4.78 is 0. The van der Waals surface area contributed by atoms with E-state index in [4.69, 9.17) is 0 Å². The maximum absolute atomic E-state index is 2.49. The van der Waals surface area contributed by atoms with Crippen LogP contribution in [0.1, 0.15) is 25.0 Å². The number of benzene rings is 8. The second kappa shape index (κ2) is 9.78. The molecule has 0 heterocycles. The van der Waals surface area contributed by atoms with Gasteiger partial charge in [0.05, 0.1) is 0 Å². The van der Waals surface area contributed by atoms with Crippen LogP contribution in [0, 0.1) is 0 Å². The van der Waals surface area contributed by atoms with Gasteiger partial charge in [0.1, 0.15) is 0 Å². The lowest BCUT2D eigenvalue weighted by Gasteiger charge is -2.23. The van der Waals surface area contributed by atoms with Crippen LogP contribution in [0.15, 0.2) is 158 Å². The van der Waals surface area contributed by atoms with Gasteiger partial charge in [0.2, 0.25) is 0 Å². The third-order valence-corrected chi connectivity index (χ3v) is 10.0. The molecule has 0 unspecified atom stereocenters. The predicted molar refractivity (Wildman–Crippen MR) is 193 cm³/mol. The first-order chi connectivity index (χ1) is 22.1. The molecule has 1 aliphatic rings. The highest BCUT2D eigenvalue weighted by atomic mass is 14.4. The normalized spacial score (nSPS) is 13.3. The molecule has 8 aromatic carbocycles. The molecule has 212 valence electrons. The summed E-state index contributed by atoms with van der Waals surface area (Å²) in [6.07, 6.45) is 0. The lowest BCUT2D eigenvalue weighted by Crippen LogP contribution is -2.15. The molecule has 0 fully saturated rings. The monoisotopic (exact) mass is 572 g/mol. The second-order valence-electron chi connectivity index (χ2n) is 13.0. The topological polar surface area (TPSA) is 0 Å². The first-order valence-electron chi connectivity index (χ1n) is 15.9. The average molecular weight is 573 g/mol. The van der Waals surface area contributed by atoms with Crippen LogP contribution in [-0.2, 0) is 5.41 Å². The maximum Gasteiger partial charge on any atom is 0.0159 e. The molecule has 45 heavy (non-hydrogen) atoms. The van der Waals surface area contributed by atoms with Gasteiger partial charge in [-0.05, 0) is 124 Å². The minimum absolute atomic E-state index is 0.124. The van der Waals surface area contributed by atoms with Crippen molar-refractivity contribution >= 4 is 32.3 Å². The Labute approximate surface area is 264 Å². The highest BCUT2D eigenvalue weighted by molar-refractivity contribution is 6.26. The van der Waals surface area contributed by atoms with Crippen LogP contribution in [-0.4, -0.2) is 0 Å². The molecule has 0 saturated carbocycles. The number of hydrogen-bond donors (Lipinski definition) is 0. The smallest absolute Gasteiger partial charge is 0.0159 e. The first-order valence-corrected chi connectivity index (χ1v) is 15.9. The predicted octanol–water partition coefficient (Wildman–Crippen LogP) is 12.5. The molecule has 0 atom stereocenters. The molecular formula is C45H32. The van der Waals surface area contributed by atoms with E-state index in [1.807, 2.05) is 0 Å². The molecule has 0 bridgehead atoms. The van der Waals surface area contributed by atoms with Crippen LogP contribution >= 0.6 is 0 Å². The molecule has 0 aromatic heterocycles. The summed E-state index contributed by atoms with van der Waals surface area (Å²) in [6, 6.07) is 58.3. The van der Waals surface area contributed by atoms with Gasteiger partial charge in [-0.2, -0.15) is 0 Å². The molecular weight excluding hydrogens is 540 g/mol. The third-order valence-electron chi connectivity index (χ3n) is 10.0. The van der Waals surface area contributed by atoms with Crippen molar-refractivity contribution in [2.75, 3.05) is 0 Å². The highest BCUT2D eigenvalue weighted by Gasteiger charge is 2.36. The Balaban J connectivity index is 1.25. The minimum atomic E-state index is -0.124. The van der Waals surface area contributed by atoms with Crippen molar-refractivity contribution in [2.45, 2.75) is 19.3 Å². The molecule has 0 spiro atoms. The van der Waals surface area contributed by atoms with Gasteiger partial charge in [-0.1, -0.05) is 135 Å². The summed E-state index contributed by atoms with van der Waals surface area (Å²) in [5, 5.41) is 7.96. The van der Waals surface area contributed by atoms with Crippen LogP contribution in [0.3, 0.4) is 0 Å². The van der Waals surface area contributed by atoms with Gasteiger partial charge in [0.15, 0.2) is 0 Å². The van der Waals surface area contributed by atoms with Crippen LogP contribution in [0.2, 0.25) is 0 Å². The Hall–Kier alpha value is -5.46. The van der Waals surface area contributed by atoms with E-state index < -0.39 is 0 Å². The van der Waals surface area contributed by atoms with Crippen molar-refractivity contribution in [1.29, 1.82) is 0 Å². The lowest BCUT2D eigenvalue weighted by atomic mass is 9.80. The van der Waals surface area contributed by atoms with Crippen molar-refractivity contribution in [3.05, 3.63) is 169 Å². The summed E-state index contributed by atoms with van der Waals surface area (Å²) >= 11 is 0. The van der Waals surface area contributed by atoms with Crippen molar-refractivity contribution in [3.63, 3.8) is 0 Å². The zero-order valence-corrected chi connectivity index (χ0v) is 25.5. The van der Waals surface area contributed by atoms with Crippen LogP contribution < -0.4 is 0 Å². The van der Waals surface area contributed by atoms with E-state index in [2.05, 4.69) is 172 Å². The first kappa shape index (κ1) is 26.0. The van der Waals surface area contributed by atoms with E-state index in [0.717, 1.165) is 0 Å². The summed E-state index contributed by atoms with van der Waals surface area (Å²) in [7, 11) is 0. The van der Waals surface area contributed by atoms with E-state index in [1.54, 1.807) is 0 Å². The molecule has 0 amide bonds. The molecule has 0 N–H and O–H groups in total. The molecule has 0 heteroatoms. The summed E-state index contributed by atoms with van der Waals surface area (Å²) in [5.41, 5.74) is 12.8. The Morgan fingerprint density at radius 2 is 0.711 bits per heavy atom. The van der Waals surface area contributed by atoms with Crippen molar-refractivity contribution < 1.29 is 0 Å². The van der Waals surface area contributed by atoms with E-state index >= 15 is 0 Å². The van der Waals surface area contributed by atoms with Crippen LogP contribution in [0.5, 0.6) is 0 Å². The molecule has 0 radical (unpaired) electrons. The van der Waals surface area contributed by atoms with Crippen molar-refractivity contribution in [1.82, 2.24) is 0 Å². The standard InChI is InChI=1S/C45H32/c1-45(2)43-26-31(34-24-32(29-13-5-3-6-14-29)23-33(25-34)30-15-7-4-8-16-30)21-22-39(43)42-27-40-37-19-11-9-17-35(37)36-18-10-12-20-38(36)41(40)28-44(42)45/h3-28H,1-2H3. The number of hydrogen-bond acceptors (Lipinski definition) is 0. The highest BCUT2D eigenvalue weighted by Crippen LogP contribution is 2.52. The molecule has 8 aromatic rings. The third kappa shape index (κ3) is 3.99. The van der Waals surface area contributed by atoms with Crippen molar-refractivity contribution in [2.24, 2.45) is 0 Å². The number of rotatable bonds is 3. The van der Waals surface area contributed by atoms with Gasteiger partial charge in [-0.25, -0.2) is 0 Å². The van der Waals surface area contributed by atoms with Gasteiger partial charge in [-0.15, -0.1) is 0 Å². The average Bonchev–Trinajstić information content (AvgIpc) is 3.33. The van der Waals surface area contributed by atoms with E-state index in [9.17, 15) is 0 Å². The van der Waals surface area contributed by atoms with Gasteiger partial charge in [0.25, 0.3) is 0 Å². The van der Waals surface area contributed by atoms with Crippen molar-refractivity contribution in [3.8, 4) is 44.5 Å². The molecule has 1 aliphatic carbocycles. The van der Waals surface area contributed by atoms with Crippen LogP contribution in [0.4, 0.5) is 0 Å². The van der Waals surface area contributed by atoms with E-state index in [1.165, 1.54) is 88.0 Å². The quantitative estimate of drug-likeness (QED) is 0.185. The van der Waals surface area contributed by atoms with E-state index in [-0.39, 0.29) is 5.41 Å². The Morgan fingerprint density at radius 1 is 0.289 bits per heavy atom. The Morgan fingerprint density at radius 3 is 1.24 bits per heavy atom. The Kier molecular flexibility index (Phi) is 5.64. The molecule has 9 rings (SSSR count). The maximum atomic E-state index is 2.49. The Bertz CT molecular complexity index is 2370. The molecule has 0 aliphatic heterocycles. The summed E-state index contributed by atoms with van der Waals surface area (Å²) in [6.45, 7) is 4.79. The fourth-order valence-electron chi connectivity index (χ4n) is 7.70. The fraction of sp³-hybridized carbons (Fsp3) is 0.0667. The number of fused-ring (bicyclic) bond motifs is 9. The zero-order chi connectivity index (χ0) is 30.1. The summed E-state index contributed by atoms with van der Waals surface area (Å²) in [4.78, 5) is 0. The SMILES string of the molecule is CC1(C)c2cc(-c3cc(-c4ccccc4)cc(-c4ccccc4)c3)ccc2-c2cc3c4ccccc4c4ccccc4c3cc21. The molecule has 0 nitrogen and oxygen atoms in total. The van der Waals surface area contributed by atoms with Gasteiger partial charge < -0.3 is 0 Å². The second-order valence-corrected chi connectivity index (χ2v) is 13.0. The van der Waals surface area contributed by atoms with E-state index in [0.29, 0.717) is 0 Å².